The van der Waals surface area contributed by atoms with Crippen LogP contribution in [-0.4, -0.2) is 29.2 Å². The van der Waals surface area contributed by atoms with Crippen molar-refractivity contribution in [1.29, 1.82) is 5.26 Å². The zero-order valence-electron chi connectivity index (χ0n) is 10.2. The normalized spacial score (nSPS) is 12.3. The summed E-state index contributed by atoms with van der Waals surface area (Å²) in [6, 6.07) is 2.76. The summed E-state index contributed by atoms with van der Waals surface area (Å²) in [5, 5.41) is 18.6. The smallest absolute Gasteiger partial charge is 0.471 e. The van der Waals surface area contributed by atoms with Crippen LogP contribution in [-0.2, 0) is 16.0 Å². The predicted molar refractivity (Wildman–Crippen MR) is 60.4 cm³/mol. The number of halogens is 4. The van der Waals surface area contributed by atoms with Crippen LogP contribution < -0.4 is 5.32 Å². The van der Waals surface area contributed by atoms with Crippen molar-refractivity contribution in [1.82, 2.24) is 5.32 Å². The summed E-state index contributed by atoms with van der Waals surface area (Å²) in [5.74, 6) is -5.03. The standard InChI is InChI=1S/C12H8F4N2O3/c13-8-3-6(1-2-7(8)5-17)4-9(10(19)20)18-11(21)12(14,15)16/h1-3,9H,4H2,(H,18,21)(H,19,20). The summed E-state index contributed by atoms with van der Waals surface area (Å²) in [7, 11) is 0. The van der Waals surface area contributed by atoms with Crippen molar-refractivity contribution in [2.45, 2.75) is 18.6 Å². The second-order valence-corrected chi connectivity index (χ2v) is 3.99. The van der Waals surface area contributed by atoms with Crippen LogP contribution in [0, 0.1) is 17.1 Å². The van der Waals surface area contributed by atoms with Gasteiger partial charge in [0.05, 0.1) is 5.56 Å². The van der Waals surface area contributed by atoms with E-state index in [0.717, 1.165) is 12.1 Å². The molecule has 0 radical (unpaired) electrons. The molecule has 0 aliphatic rings. The lowest BCUT2D eigenvalue weighted by Gasteiger charge is -2.15. The molecule has 1 aromatic rings. The number of carboxylic acids is 1. The first-order valence-corrected chi connectivity index (χ1v) is 5.44. The SMILES string of the molecule is N#Cc1ccc(CC(NC(=O)C(F)(F)F)C(=O)O)cc1F. The summed E-state index contributed by atoms with van der Waals surface area (Å²) in [5.41, 5.74) is -0.258. The highest BCUT2D eigenvalue weighted by Gasteiger charge is 2.40. The van der Waals surface area contributed by atoms with E-state index in [0.29, 0.717) is 0 Å². The van der Waals surface area contributed by atoms with Crippen molar-refractivity contribution in [2.24, 2.45) is 0 Å². The van der Waals surface area contributed by atoms with Gasteiger partial charge in [0.1, 0.15) is 17.9 Å². The Bertz CT molecular complexity index is 608. The van der Waals surface area contributed by atoms with Crippen molar-refractivity contribution >= 4 is 11.9 Å². The quantitative estimate of drug-likeness (QED) is 0.822. The number of aliphatic carboxylic acids is 1. The minimum atomic E-state index is -5.22. The maximum Gasteiger partial charge on any atom is 0.471 e. The van der Waals surface area contributed by atoms with Gasteiger partial charge in [-0.2, -0.15) is 18.4 Å². The maximum atomic E-state index is 13.3. The van der Waals surface area contributed by atoms with Gasteiger partial charge in [0.25, 0.3) is 0 Å². The molecule has 1 aromatic carbocycles. The molecule has 1 atom stereocenters. The van der Waals surface area contributed by atoms with E-state index in [1.54, 1.807) is 6.07 Å². The lowest BCUT2D eigenvalue weighted by atomic mass is 10.0. The molecule has 0 heterocycles. The fourth-order valence-corrected chi connectivity index (χ4v) is 1.45. The lowest BCUT2D eigenvalue weighted by molar-refractivity contribution is -0.175. The Balaban J connectivity index is 2.90. The highest BCUT2D eigenvalue weighted by atomic mass is 19.4. The second kappa shape index (κ2) is 6.21. The fourth-order valence-electron chi connectivity index (χ4n) is 1.45. The number of nitriles is 1. The van der Waals surface area contributed by atoms with Gasteiger partial charge in [-0.3, -0.25) is 4.79 Å². The van der Waals surface area contributed by atoms with Crippen molar-refractivity contribution in [2.75, 3.05) is 0 Å². The fraction of sp³-hybridized carbons (Fsp3) is 0.250. The van der Waals surface area contributed by atoms with Crippen molar-refractivity contribution in [3.8, 4) is 6.07 Å². The average molecular weight is 304 g/mol. The monoisotopic (exact) mass is 304 g/mol. The molecule has 0 saturated carbocycles. The Hall–Kier alpha value is -2.63. The molecule has 0 fully saturated rings. The van der Waals surface area contributed by atoms with E-state index in [2.05, 4.69) is 0 Å². The topological polar surface area (TPSA) is 90.2 Å². The van der Waals surface area contributed by atoms with Gasteiger partial charge >= 0.3 is 18.1 Å². The molecular weight excluding hydrogens is 296 g/mol. The lowest BCUT2D eigenvalue weighted by Crippen LogP contribution is -2.47. The number of carbonyl (C=O) groups excluding carboxylic acids is 1. The number of amides is 1. The van der Waals surface area contributed by atoms with Gasteiger partial charge in [0, 0.05) is 6.42 Å². The molecule has 0 aliphatic heterocycles. The van der Waals surface area contributed by atoms with Gasteiger partial charge in [-0.15, -0.1) is 0 Å². The Morgan fingerprint density at radius 3 is 2.43 bits per heavy atom. The molecule has 5 nitrogen and oxygen atoms in total. The Morgan fingerprint density at radius 1 is 1.38 bits per heavy atom. The van der Waals surface area contributed by atoms with Crippen LogP contribution in [0.5, 0.6) is 0 Å². The number of carboxylic acid groups (broad SMARTS) is 1. The summed E-state index contributed by atoms with van der Waals surface area (Å²) < 4.78 is 49.5. The number of alkyl halides is 3. The van der Waals surface area contributed by atoms with Gasteiger partial charge in [-0.25, -0.2) is 9.18 Å². The summed E-state index contributed by atoms with van der Waals surface area (Å²) in [6.45, 7) is 0. The van der Waals surface area contributed by atoms with E-state index in [-0.39, 0.29) is 11.1 Å². The van der Waals surface area contributed by atoms with Crippen molar-refractivity contribution < 1.29 is 32.3 Å². The molecule has 0 aromatic heterocycles. The van der Waals surface area contributed by atoms with Crippen LogP contribution in [0.3, 0.4) is 0 Å². The number of carbonyl (C=O) groups is 2. The molecule has 0 saturated heterocycles. The van der Waals surface area contributed by atoms with E-state index in [4.69, 9.17) is 10.4 Å². The highest BCUT2D eigenvalue weighted by molar-refractivity contribution is 5.87. The number of hydrogen-bond donors (Lipinski definition) is 2. The highest BCUT2D eigenvalue weighted by Crippen LogP contribution is 2.16. The number of hydrogen-bond acceptors (Lipinski definition) is 3. The zero-order valence-corrected chi connectivity index (χ0v) is 10.2. The van der Waals surface area contributed by atoms with Gasteiger partial charge < -0.3 is 10.4 Å². The van der Waals surface area contributed by atoms with E-state index in [1.807, 2.05) is 0 Å². The Labute approximate surface area is 115 Å². The number of rotatable bonds is 4. The predicted octanol–water partition coefficient (Wildman–Crippen LogP) is 1.37. The summed E-state index contributed by atoms with van der Waals surface area (Å²) in [4.78, 5) is 21.6. The van der Waals surface area contributed by atoms with Crippen molar-refractivity contribution in [3.63, 3.8) is 0 Å². The van der Waals surface area contributed by atoms with Crippen molar-refractivity contribution in [3.05, 3.63) is 35.1 Å². The molecule has 0 bridgehead atoms. The molecule has 1 rings (SSSR count). The number of nitrogens with zero attached hydrogens (tertiary/aromatic N) is 1. The summed E-state index contributed by atoms with van der Waals surface area (Å²) >= 11 is 0. The van der Waals surface area contributed by atoms with E-state index < -0.39 is 36.3 Å². The molecule has 0 spiro atoms. The van der Waals surface area contributed by atoms with Gasteiger partial charge in [-0.05, 0) is 17.7 Å². The Morgan fingerprint density at radius 2 is 2.00 bits per heavy atom. The third-order valence-corrected chi connectivity index (χ3v) is 2.45. The van der Waals surface area contributed by atoms with Gasteiger partial charge in [-0.1, -0.05) is 6.07 Å². The maximum absolute atomic E-state index is 13.3. The van der Waals surface area contributed by atoms with Crippen LogP contribution in [0.1, 0.15) is 11.1 Å². The molecule has 9 heteroatoms. The average Bonchev–Trinajstić information content (AvgIpc) is 2.36. The van der Waals surface area contributed by atoms with Gasteiger partial charge in [0.2, 0.25) is 0 Å². The summed E-state index contributed by atoms with van der Waals surface area (Å²) in [6.07, 6.45) is -5.77. The first kappa shape index (κ1) is 16.4. The molecule has 0 aliphatic carbocycles. The molecule has 2 N–H and O–H groups in total. The number of benzene rings is 1. The molecule has 1 amide bonds. The minimum Gasteiger partial charge on any atom is -0.480 e. The third kappa shape index (κ3) is 4.45. The first-order chi connectivity index (χ1) is 9.65. The van der Waals surface area contributed by atoms with Gasteiger partial charge in [0.15, 0.2) is 0 Å². The molecule has 21 heavy (non-hydrogen) atoms. The number of nitrogens with one attached hydrogen (secondary N) is 1. The van der Waals surface area contributed by atoms with E-state index in [9.17, 15) is 27.2 Å². The van der Waals surface area contributed by atoms with E-state index in [1.165, 1.54) is 11.4 Å². The van der Waals surface area contributed by atoms with Crippen LogP contribution in [0.4, 0.5) is 17.6 Å². The second-order valence-electron chi connectivity index (χ2n) is 3.99. The van der Waals surface area contributed by atoms with Crippen LogP contribution in [0.25, 0.3) is 0 Å². The third-order valence-electron chi connectivity index (χ3n) is 2.45. The molecular formula is C12H8F4N2O3. The van der Waals surface area contributed by atoms with E-state index >= 15 is 0 Å². The molecule has 1 unspecified atom stereocenters. The largest absolute Gasteiger partial charge is 0.480 e. The molecule has 112 valence electrons. The van der Waals surface area contributed by atoms with Crippen LogP contribution in [0.15, 0.2) is 18.2 Å². The Kier molecular flexibility index (Phi) is 4.86. The van der Waals surface area contributed by atoms with Crippen LogP contribution >= 0.6 is 0 Å². The first-order valence-electron chi connectivity index (χ1n) is 5.44. The minimum absolute atomic E-state index is 0.0291. The van der Waals surface area contributed by atoms with Crippen LogP contribution in [0.2, 0.25) is 0 Å². The zero-order chi connectivity index (χ0) is 16.2.